The molecule has 2 aliphatic rings. The third kappa shape index (κ3) is 4.86. The van der Waals surface area contributed by atoms with Crippen molar-refractivity contribution in [3.63, 3.8) is 0 Å². The van der Waals surface area contributed by atoms with E-state index in [1.165, 1.54) is 4.68 Å². The Morgan fingerprint density at radius 2 is 1.87 bits per heavy atom. The lowest BCUT2D eigenvalue weighted by atomic mass is 10.2. The topological polar surface area (TPSA) is 41.4 Å². The van der Waals surface area contributed by atoms with Crippen LogP contribution in [-0.2, 0) is 17.5 Å². The van der Waals surface area contributed by atoms with E-state index < -0.39 is 17.9 Å². The van der Waals surface area contributed by atoms with Crippen molar-refractivity contribution in [2.24, 2.45) is 0 Å². The van der Waals surface area contributed by atoms with Gasteiger partial charge in [0.15, 0.2) is 5.69 Å². The van der Waals surface area contributed by atoms with E-state index in [9.17, 15) is 18.0 Å². The van der Waals surface area contributed by atoms with Crippen molar-refractivity contribution in [2.45, 2.75) is 44.4 Å². The summed E-state index contributed by atoms with van der Waals surface area (Å²) in [6.45, 7) is 4.68. The summed E-state index contributed by atoms with van der Waals surface area (Å²) in [4.78, 5) is 17.0. The van der Waals surface area contributed by atoms with Crippen LogP contribution in [0.15, 0.2) is 24.3 Å². The first-order valence-corrected chi connectivity index (χ1v) is 11.0. The highest BCUT2D eigenvalue weighted by atomic mass is 35.5. The average molecular weight is 475 g/mol. The summed E-state index contributed by atoms with van der Waals surface area (Å²) in [7, 11) is 0. The van der Waals surface area contributed by atoms with Gasteiger partial charge >= 0.3 is 6.18 Å². The predicted octanol–water partition coefficient (Wildman–Crippen LogP) is 4.99. The standard InChI is InChI=1S/C21H23Cl2F3N4O/c1-13(30-18(15-5-6-15)17(23)19(27-30)21(24,25)26)20(31)29-9-7-28(8-10-29)12-14-3-2-4-16(22)11-14/h2-4,11,13,15H,5-10,12H2,1H3. The van der Waals surface area contributed by atoms with Crippen LogP contribution in [0.4, 0.5) is 13.2 Å². The average Bonchev–Trinajstić information content (AvgIpc) is 3.48. The van der Waals surface area contributed by atoms with Gasteiger partial charge in [-0.3, -0.25) is 14.4 Å². The van der Waals surface area contributed by atoms with Crippen molar-refractivity contribution in [2.75, 3.05) is 26.2 Å². The lowest BCUT2D eigenvalue weighted by molar-refractivity contribution is -0.142. The highest BCUT2D eigenvalue weighted by Crippen LogP contribution is 2.47. The van der Waals surface area contributed by atoms with Crippen LogP contribution < -0.4 is 0 Å². The van der Waals surface area contributed by atoms with Gasteiger partial charge in [0.05, 0.1) is 10.7 Å². The van der Waals surface area contributed by atoms with Gasteiger partial charge in [-0.2, -0.15) is 18.3 Å². The Bertz CT molecular complexity index is 966. The van der Waals surface area contributed by atoms with Gasteiger partial charge in [0.25, 0.3) is 0 Å². The molecule has 1 atom stereocenters. The summed E-state index contributed by atoms with van der Waals surface area (Å²) < 4.78 is 41.2. The minimum atomic E-state index is -4.65. The van der Waals surface area contributed by atoms with E-state index in [4.69, 9.17) is 23.2 Å². The van der Waals surface area contributed by atoms with E-state index >= 15 is 0 Å². The van der Waals surface area contributed by atoms with Crippen LogP contribution in [0.1, 0.15) is 48.7 Å². The number of benzene rings is 1. The van der Waals surface area contributed by atoms with Gasteiger partial charge in [0.2, 0.25) is 5.91 Å². The lowest BCUT2D eigenvalue weighted by Gasteiger charge is -2.36. The van der Waals surface area contributed by atoms with Crippen molar-refractivity contribution in [3.05, 3.63) is 51.3 Å². The van der Waals surface area contributed by atoms with Crippen molar-refractivity contribution >= 4 is 29.1 Å². The molecule has 1 aromatic carbocycles. The van der Waals surface area contributed by atoms with E-state index in [2.05, 4.69) is 10.00 Å². The number of piperazine rings is 1. The third-order valence-electron chi connectivity index (χ3n) is 5.82. The summed E-state index contributed by atoms with van der Waals surface area (Å²) in [6, 6.07) is 6.81. The number of hydrogen-bond donors (Lipinski definition) is 0. The van der Waals surface area contributed by atoms with E-state index in [0.29, 0.717) is 36.9 Å². The molecule has 0 bridgehead atoms. The maximum Gasteiger partial charge on any atom is 0.436 e. The maximum absolute atomic E-state index is 13.3. The molecule has 1 aliphatic heterocycles. The van der Waals surface area contributed by atoms with Crippen LogP contribution in [-0.4, -0.2) is 51.7 Å². The van der Waals surface area contributed by atoms with Gasteiger partial charge in [-0.15, -0.1) is 0 Å². The highest BCUT2D eigenvalue weighted by Gasteiger charge is 2.43. The second-order valence-electron chi connectivity index (χ2n) is 8.17. The molecule has 5 nitrogen and oxygen atoms in total. The number of aromatic nitrogens is 2. The zero-order valence-corrected chi connectivity index (χ0v) is 18.5. The fraction of sp³-hybridized carbons (Fsp3) is 0.524. The molecule has 1 saturated carbocycles. The van der Waals surface area contributed by atoms with Gasteiger partial charge in [-0.05, 0) is 37.5 Å². The Hall–Kier alpha value is -1.77. The smallest absolute Gasteiger partial charge is 0.338 e. The Morgan fingerprint density at radius 1 is 1.19 bits per heavy atom. The van der Waals surface area contributed by atoms with Gasteiger partial charge in [-0.1, -0.05) is 35.3 Å². The Balaban J connectivity index is 1.44. The van der Waals surface area contributed by atoms with Crippen LogP contribution in [0.25, 0.3) is 0 Å². The molecule has 2 fully saturated rings. The summed E-state index contributed by atoms with van der Waals surface area (Å²) >= 11 is 12.1. The molecule has 1 amide bonds. The third-order valence-corrected chi connectivity index (χ3v) is 6.43. The minimum Gasteiger partial charge on any atom is -0.338 e. The van der Waals surface area contributed by atoms with Crippen molar-refractivity contribution < 1.29 is 18.0 Å². The molecule has 1 aromatic heterocycles. The molecule has 1 unspecified atom stereocenters. The molecule has 10 heteroatoms. The summed E-state index contributed by atoms with van der Waals surface area (Å²) in [5.41, 5.74) is 0.317. The molecule has 2 heterocycles. The monoisotopic (exact) mass is 474 g/mol. The molecular formula is C21H23Cl2F3N4O. The molecule has 4 rings (SSSR count). The number of carbonyl (C=O) groups excluding carboxylic acids is 1. The SMILES string of the molecule is CC(C(=O)N1CCN(Cc2cccc(Cl)c2)CC1)n1nc(C(F)(F)F)c(Cl)c1C1CC1. The molecule has 31 heavy (non-hydrogen) atoms. The molecule has 0 radical (unpaired) electrons. The number of hydrogen-bond acceptors (Lipinski definition) is 3. The molecule has 1 saturated heterocycles. The maximum atomic E-state index is 13.3. The number of nitrogens with zero attached hydrogens (tertiary/aromatic N) is 4. The van der Waals surface area contributed by atoms with Crippen LogP contribution in [0.3, 0.4) is 0 Å². The lowest BCUT2D eigenvalue weighted by Crippen LogP contribution is -2.50. The van der Waals surface area contributed by atoms with Crippen LogP contribution in [0, 0.1) is 0 Å². The quantitative estimate of drug-likeness (QED) is 0.612. The molecule has 0 N–H and O–H groups in total. The van der Waals surface area contributed by atoms with Gasteiger partial charge < -0.3 is 4.90 Å². The summed E-state index contributed by atoms with van der Waals surface area (Å²) in [5.74, 6) is -0.307. The Morgan fingerprint density at radius 3 is 2.45 bits per heavy atom. The molecule has 168 valence electrons. The number of halogens is 5. The molecule has 1 aliphatic carbocycles. The van der Waals surface area contributed by atoms with Gasteiger partial charge in [0.1, 0.15) is 6.04 Å². The zero-order valence-electron chi connectivity index (χ0n) is 17.0. The first-order valence-electron chi connectivity index (χ1n) is 10.3. The number of amides is 1. The number of rotatable bonds is 5. The molecule has 0 spiro atoms. The van der Waals surface area contributed by atoms with Crippen LogP contribution in [0.2, 0.25) is 10.0 Å². The zero-order chi connectivity index (χ0) is 22.3. The van der Waals surface area contributed by atoms with Gasteiger partial charge in [-0.25, -0.2) is 0 Å². The molecular weight excluding hydrogens is 452 g/mol. The molecule has 2 aromatic rings. The first-order chi connectivity index (χ1) is 14.6. The van der Waals surface area contributed by atoms with E-state index in [1.807, 2.05) is 24.3 Å². The van der Waals surface area contributed by atoms with Crippen LogP contribution in [0.5, 0.6) is 0 Å². The fourth-order valence-electron chi connectivity index (χ4n) is 4.02. The normalized spacial score (nSPS) is 19.0. The van der Waals surface area contributed by atoms with Gasteiger partial charge in [0, 0.05) is 43.7 Å². The first kappa shape index (κ1) is 22.4. The largest absolute Gasteiger partial charge is 0.436 e. The summed E-state index contributed by atoms with van der Waals surface area (Å²) in [5, 5.41) is 4.04. The summed E-state index contributed by atoms with van der Waals surface area (Å²) in [6.07, 6.45) is -3.14. The van der Waals surface area contributed by atoms with Crippen LogP contribution >= 0.6 is 23.2 Å². The fourth-order valence-corrected chi connectivity index (χ4v) is 4.61. The number of carbonyl (C=O) groups is 1. The minimum absolute atomic E-state index is 0.0686. The van der Waals surface area contributed by atoms with Crippen molar-refractivity contribution in [1.29, 1.82) is 0 Å². The predicted molar refractivity (Wildman–Crippen MR) is 112 cm³/mol. The van der Waals surface area contributed by atoms with E-state index in [-0.39, 0.29) is 16.8 Å². The second kappa shape index (κ2) is 8.64. The van der Waals surface area contributed by atoms with E-state index in [0.717, 1.165) is 24.9 Å². The van der Waals surface area contributed by atoms with E-state index in [1.54, 1.807) is 11.8 Å². The Kier molecular flexibility index (Phi) is 6.25. The number of alkyl halides is 3. The second-order valence-corrected chi connectivity index (χ2v) is 8.99. The van der Waals surface area contributed by atoms with Crippen molar-refractivity contribution in [1.82, 2.24) is 19.6 Å². The Labute approximate surface area is 188 Å². The van der Waals surface area contributed by atoms with Crippen molar-refractivity contribution in [3.8, 4) is 0 Å². The highest BCUT2D eigenvalue weighted by molar-refractivity contribution is 6.32.